The number of aromatic nitrogens is 4. The van der Waals surface area contributed by atoms with Crippen LogP contribution >= 0.6 is 0 Å². The molecule has 1 aliphatic heterocycles. The first-order valence-corrected chi connectivity index (χ1v) is 12.7. The highest BCUT2D eigenvalue weighted by molar-refractivity contribution is 6.01. The molecule has 4 heterocycles. The molecule has 2 fully saturated rings. The quantitative estimate of drug-likeness (QED) is 0.342. The highest BCUT2D eigenvalue weighted by Crippen LogP contribution is 2.33. The summed E-state index contributed by atoms with van der Waals surface area (Å²) >= 11 is 0. The molecule has 0 bridgehead atoms. The van der Waals surface area contributed by atoms with Gasteiger partial charge in [-0.2, -0.15) is 10.1 Å². The molecule has 0 radical (unpaired) electrons. The second-order valence-electron chi connectivity index (χ2n) is 9.68. The van der Waals surface area contributed by atoms with Crippen LogP contribution < -0.4 is 4.90 Å². The number of Topliss-reactive ketones (excluding diaryl/α,β-unsaturated/α-hetero) is 1. The fourth-order valence-electron chi connectivity index (χ4n) is 4.15. The molecule has 1 saturated heterocycles. The van der Waals surface area contributed by atoms with Gasteiger partial charge in [-0.25, -0.2) is 9.67 Å². The number of ether oxygens (including phenoxy) is 1. The Bertz CT molecular complexity index is 1380. The maximum atomic E-state index is 12.4. The third-order valence-corrected chi connectivity index (χ3v) is 6.63. The van der Waals surface area contributed by atoms with E-state index in [0.717, 1.165) is 22.6 Å². The number of rotatable bonds is 5. The van der Waals surface area contributed by atoms with E-state index >= 15 is 0 Å². The zero-order valence-electron chi connectivity index (χ0n) is 21.5. The molecule has 0 N–H and O–H groups in total. The Morgan fingerprint density at radius 3 is 2.53 bits per heavy atom. The fraction of sp³-hybridized carbons (Fsp3) is 0.429. The van der Waals surface area contributed by atoms with Crippen LogP contribution in [0.4, 0.5) is 5.82 Å². The Hall–Kier alpha value is -3.52. The highest BCUT2D eigenvalue weighted by Gasteiger charge is 2.26. The number of hydrogen-bond donors (Lipinski definition) is 0. The van der Waals surface area contributed by atoms with Crippen molar-refractivity contribution in [3.8, 4) is 17.1 Å². The molecule has 0 atom stereocenters. The summed E-state index contributed by atoms with van der Waals surface area (Å²) in [4.78, 5) is 24.1. The second kappa shape index (κ2) is 10.2. The van der Waals surface area contributed by atoms with Crippen LogP contribution in [-0.4, -0.2) is 51.8 Å². The Kier molecular flexibility index (Phi) is 6.87. The lowest BCUT2D eigenvalue weighted by atomic mass is 10.1. The van der Waals surface area contributed by atoms with Crippen molar-refractivity contribution in [2.24, 2.45) is 5.92 Å². The van der Waals surface area contributed by atoms with Gasteiger partial charge in [0.15, 0.2) is 22.9 Å². The molecular weight excluding hydrogens is 454 g/mol. The lowest BCUT2D eigenvalue weighted by Crippen LogP contribution is -2.37. The van der Waals surface area contributed by atoms with Crippen LogP contribution in [0.2, 0.25) is 0 Å². The van der Waals surface area contributed by atoms with Crippen LogP contribution in [-0.2, 0) is 4.74 Å². The van der Waals surface area contributed by atoms with E-state index in [1.165, 1.54) is 18.4 Å². The lowest BCUT2D eigenvalue weighted by molar-refractivity contribution is 0.0962. The average molecular weight is 488 g/mol. The van der Waals surface area contributed by atoms with E-state index in [-0.39, 0.29) is 5.78 Å². The highest BCUT2D eigenvalue weighted by atomic mass is 16.5. The van der Waals surface area contributed by atoms with Crippen molar-refractivity contribution in [3.63, 3.8) is 0 Å². The smallest absolute Gasteiger partial charge is 0.253 e. The normalized spacial score (nSPS) is 15.6. The van der Waals surface area contributed by atoms with Crippen molar-refractivity contribution in [2.75, 3.05) is 31.2 Å². The molecule has 0 unspecified atom stereocenters. The minimum Gasteiger partial charge on any atom is -0.447 e. The summed E-state index contributed by atoms with van der Waals surface area (Å²) in [6.07, 6.45) is 7.07. The van der Waals surface area contributed by atoms with Gasteiger partial charge >= 0.3 is 0 Å². The molecule has 2 aliphatic rings. The van der Waals surface area contributed by atoms with Gasteiger partial charge in [-0.3, -0.25) is 4.79 Å². The number of anilines is 1. The number of carbonyl (C=O) groups is 1. The van der Waals surface area contributed by atoms with Crippen molar-refractivity contribution in [1.82, 2.24) is 19.7 Å². The molecule has 0 amide bonds. The van der Waals surface area contributed by atoms with E-state index in [0.29, 0.717) is 61.4 Å². The molecule has 8 nitrogen and oxygen atoms in total. The number of aryl methyl sites for hydroxylation is 2. The largest absolute Gasteiger partial charge is 0.447 e. The van der Waals surface area contributed by atoms with Gasteiger partial charge < -0.3 is 14.1 Å². The minimum absolute atomic E-state index is 0.0456. The maximum absolute atomic E-state index is 12.4. The van der Waals surface area contributed by atoms with Crippen molar-refractivity contribution >= 4 is 22.7 Å². The summed E-state index contributed by atoms with van der Waals surface area (Å²) in [6.45, 7) is 10.6. The maximum Gasteiger partial charge on any atom is 0.253 e. The van der Waals surface area contributed by atoms with Gasteiger partial charge in [-0.1, -0.05) is 56.5 Å². The Labute approximate surface area is 211 Å². The van der Waals surface area contributed by atoms with E-state index in [1.54, 1.807) is 4.68 Å². The molecule has 3 aromatic heterocycles. The summed E-state index contributed by atoms with van der Waals surface area (Å²) in [5.41, 5.74) is 5.16. The summed E-state index contributed by atoms with van der Waals surface area (Å²) in [5, 5.41) is 4.52. The van der Waals surface area contributed by atoms with Crippen LogP contribution in [0.1, 0.15) is 54.8 Å². The van der Waals surface area contributed by atoms with E-state index in [1.807, 2.05) is 32.3 Å². The zero-order valence-corrected chi connectivity index (χ0v) is 21.5. The molecule has 0 spiro atoms. The monoisotopic (exact) mass is 487 g/mol. The Morgan fingerprint density at radius 2 is 1.86 bits per heavy atom. The first-order chi connectivity index (χ1) is 17.4. The number of benzene rings is 1. The topological polar surface area (TPSA) is 86.3 Å². The lowest BCUT2D eigenvalue weighted by Gasteiger charge is -2.27. The molecule has 4 aromatic rings. The fourth-order valence-corrected chi connectivity index (χ4v) is 4.15. The van der Waals surface area contributed by atoms with Gasteiger partial charge in [0.25, 0.3) is 5.95 Å². The van der Waals surface area contributed by atoms with E-state index < -0.39 is 0 Å². The van der Waals surface area contributed by atoms with Gasteiger partial charge in [0.05, 0.1) is 19.4 Å². The van der Waals surface area contributed by atoms with E-state index in [2.05, 4.69) is 42.0 Å². The number of ketones is 1. The van der Waals surface area contributed by atoms with Crippen LogP contribution in [0.5, 0.6) is 0 Å². The molecule has 8 heteroatoms. The van der Waals surface area contributed by atoms with Crippen LogP contribution in [0, 0.1) is 19.8 Å². The number of morpholine rings is 1. The first kappa shape index (κ1) is 24.2. The Morgan fingerprint density at radius 1 is 1.11 bits per heavy atom. The average Bonchev–Trinajstić information content (AvgIpc) is 3.39. The number of nitrogens with zero attached hydrogens (tertiary/aromatic N) is 5. The Balaban J connectivity index is 0.000000608. The summed E-state index contributed by atoms with van der Waals surface area (Å²) < 4.78 is 13.2. The summed E-state index contributed by atoms with van der Waals surface area (Å²) in [7, 11) is 0. The molecule has 1 saturated carbocycles. The number of fused-ring (bicyclic) bond motifs is 1. The van der Waals surface area contributed by atoms with Gasteiger partial charge in [0.2, 0.25) is 0 Å². The standard InChI is InChI=1S/C24H25N5O3.C4H8/c1-4-19(30)21-16(3)20-22(32-21)23(28-8-10-31-11-9-28)27-24(26-20)29-14-18(13-25-29)17-7-5-6-15(2)12-17;1-4-2-3-4/h5-7,12-14H,4,8-11H2,1-3H3;4H,2-3H2,1H3. The predicted octanol–water partition coefficient (Wildman–Crippen LogP) is 5.54. The molecular formula is C28H33N5O3. The molecule has 6 rings (SSSR count). The molecule has 36 heavy (non-hydrogen) atoms. The third-order valence-electron chi connectivity index (χ3n) is 6.63. The minimum atomic E-state index is -0.0456. The summed E-state index contributed by atoms with van der Waals surface area (Å²) in [6, 6.07) is 8.27. The number of furan rings is 1. The molecule has 1 aromatic carbocycles. The van der Waals surface area contributed by atoms with Crippen molar-refractivity contribution < 1.29 is 13.9 Å². The van der Waals surface area contributed by atoms with Crippen molar-refractivity contribution in [1.29, 1.82) is 0 Å². The van der Waals surface area contributed by atoms with E-state index in [4.69, 9.17) is 19.1 Å². The summed E-state index contributed by atoms with van der Waals surface area (Å²) in [5.74, 6) is 2.50. The van der Waals surface area contributed by atoms with Gasteiger partial charge in [0.1, 0.15) is 5.52 Å². The third kappa shape index (κ3) is 5.04. The van der Waals surface area contributed by atoms with Crippen LogP contribution in [0.25, 0.3) is 28.2 Å². The predicted molar refractivity (Wildman–Crippen MR) is 140 cm³/mol. The zero-order chi connectivity index (χ0) is 25.2. The second-order valence-corrected chi connectivity index (χ2v) is 9.68. The number of carbonyl (C=O) groups excluding carboxylic acids is 1. The van der Waals surface area contributed by atoms with E-state index in [9.17, 15) is 4.79 Å². The SMILES string of the molecule is CC1CC1.CCC(=O)c1oc2c(N3CCOCC3)nc(-n3cc(-c4cccc(C)c4)cn3)nc2c1C. The molecule has 1 aliphatic carbocycles. The van der Waals surface area contributed by atoms with Crippen molar-refractivity contribution in [3.05, 3.63) is 53.5 Å². The van der Waals surface area contributed by atoms with Crippen LogP contribution in [0.3, 0.4) is 0 Å². The first-order valence-electron chi connectivity index (χ1n) is 12.7. The molecule has 188 valence electrons. The van der Waals surface area contributed by atoms with Crippen LogP contribution in [0.15, 0.2) is 41.1 Å². The van der Waals surface area contributed by atoms with Gasteiger partial charge in [-0.05, 0) is 25.3 Å². The van der Waals surface area contributed by atoms with Gasteiger partial charge in [-0.15, -0.1) is 0 Å². The number of hydrogen-bond acceptors (Lipinski definition) is 7. The van der Waals surface area contributed by atoms with Gasteiger partial charge in [0, 0.05) is 36.8 Å². The van der Waals surface area contributed by atoms with Crippen molar-refractivity contribution in [2.45, 2.75) is 47.0 Å².